The van der Waals surface area contributed by atoms with E-state index in [1.165, 1.54) is 0 Å². The Balaban J connectivity index is 1.47. The van der Waals surface area contributed by atoms with Crippen LogP contribution in [0.5, 0.6) is 0 Å². The molecule has 9 nitrogen and oxygen atoms in total. The summed E-state index contributed by atoms with van der Waals surface area (Å²) in [5.74, 6) is -0.0116. The number of ether oxygens (including phenoxy) is 2. The molecule has 1 saturated heterocycles. The number of para-hydroxylation sites is 1. The van der Waals surface area contributed by atoms with Crippen molar-refractivity contribution in [2.45, 2.75) is 77.8 Å². The third-order valence-corrected chi connectivity index (χ3v) is 6.91. The summed E-state index contributed by atoms with van der Waals surface area (Å²) in [5, 5.41) is 1.13. The Morgan fingerprint density at radius 2 is 1.89 bits per heavy atom. The van der Waals surface area contributed by atoms with Crippen molar-refractivity contribution in [3.8, 4) is 0 Å². The lowest BCUT2D eigenvalue weighted by atomic mass is 10.1. The zero-order chi connectivity index (χ0) is 26.7. The summed E-state index contributed by atoms with van der Waals surface area (Å²) in [6.45, 7) is 9.97. The lowest BCUT2D eigenvalue weighted by Crippen LogP contribution is -2.53. The molecule has 0 radical (unpaired) electrons. The van der Waals surface area contributed by atoms with Gasteiger partial charge in [0.05, 0.1) is 13.2 Å². The Labute approximate surface area is 219 Å². The van der Waals surface area contributed by atoms with Crippen molar-refractivity contribution in [3.05, 3.63) is 36.0 Å². The minimum atomic E-state index is -0.697. The zero-order valence-electron chi connectivity index (χ0n) is 22.7. The van der Waals surface area contributed by atoms with Crippen LogP contribution in [0.3, 0.4) is 0 Å². The number of hydrogen-bond donors (Lipinski definition) is 0. The average molecular weight is 513 g/mol. The Kier molecular flexibility index (Phi) is 8.11. The number of aromatic nitrogens is 1. The number of rotatable bonds is 8. The van der Waals surface area contributed by atoms with Crippen LogP contribution in [0.15, 0.2) is 30.5 Å². The van der Waals surface area contributed by atoms with Crippen molar-refractivity contribution in [2.24, 2.45) is 0 Å². The maximum Gasteiger partial charge on any atom is 0.410 e. The van der Waals surface area contributed by atoms with E-state index in [1.807, 2.05) is 44.9 Å². The van der Waals surface area contributed by atoms with Crippen LogP contribution in [-0.4, -0.2) is 88.2 Å². The highest BCUT2D eigenvalue weighted by Crippen LogP contribution is 2.32. The molecular weight excluding hydrogens is 472 g/mol. The molecule has 1 aromatic heterocycles. The maximum atomic E-state index is 13.7. The highest BCUT2D eigenvalue weighted by Gasteiger charge is 2.39. The molecule has 2 aromatic rings. The number of nitrogens with zero attached hydrogens (tertiary/aromatic N) is 4. The predicted octanol–water partition coefficient (Wildman–Crippen LogP) is 3.64. The van der Waals surface area contributed by atoms with E-state index >= 15 is 0 Å². The van der Waals surface area contributed by atoms with Crippen molar-refractivity contribution in [1.29, 1.82) is 0 Å². The number of fused-ring (bicyclic) bond motifs is 1. The van der Waals surface area contributed by atoms with Crippen LogP contribution in [0, 0.1) is 0 Å². The number of carbonyl (C=O) groups excluding carboxylic acids is 3. The molecule has 0 spiro atoms. The summed E-state index contributed by atoms with van der Waals surface area (Å²) in [5.41, 5.74) is 1.62. The van der Waals surface area contributed by atoms with Gasteiger partial charge in [0, 0.05) is 63.3 Å². The molecule has 2 aliphatic rings. The number of morpholine rings is 1. The molecule has 9 heteroatoms. The minimum absolute atomic E-state index is 0.0619. The summed E-state index contributed by atoms with van der Waals surface area (Å²) >= 11 is 0. The van der Waals surface area contributed by atoms with Gasteiger partial charge in [-0.25, -0.2) is 4.79 Å². The van der Waals surface area contributed by atoms with Crippen molar-refractivity contribution >= 4 is 28.8 Å². The van der Waals surface area contributed by atoms with Crippen molar-refractivity contribution in [1.82, 2.24) is 19.3 Å². The fraction of sp³-hybridized carbons (Fsp3) is 0.607. The van der Waals surface area contributed by atoms with E-state index in [0.717, 1.165) is 42.3 Å². The molecule has 1 aliphatic heterocycles. The quantitative estimate of drug-likeness (QED) is 0.539. The van der Waals surface area contributed by atoms with Crippen molar-refractivity contribution in [2.75, 3.05) is 33.3 Å². The van der Waals surface area contributed by atoms with E-state index in [1.54, 1.807) is 16.7 Å². The van der Waals surface area contributed by atoms with Crippen LogP contribution in [0.1, 0.15) is 52.5 Å². The summed E-state index contributed by atoms with van der Waals surface area (Å²) in [7, 11) is 1.82. The molecular formula is C28H40N4O5. The van der Waals surface area contributed by atoms with Crippen LogP contribution in [0.2, 0.25) is 0 Å². The third-order valence-electron chi connectivity index (χ3n) is 6.91. The predicted molar refractivity (Wildman–Crippen MR) is 141 cm³/mol. The first-order chi connectivity index (χ1) is 17.5. The second kappa shape index (κ2) is 11.1. The summed E-state index contributed by atoms with van der Waals surface area (Å²) in [6, 6.07) is 8.43. The maximum absolute atomic E-state index is 13.7. The van der Waals surface area contributed by atoms with Crippen LogP contribution in [0.25, 0.3) is 10.9 Å². The molecule has 1 aliphatic carbocycles. The highest BCUT2D eigenvalue weighted by atomic mass is 16.6. The molecule has 202 valence electrons. The Morgan fingerprint density at radius 3 is 2.57 bits per heavy atom. The minimum Gasteiger partial charge on any atom is -0.444 e. The molecule has 3 amide bonds. The summed E-state index contributed by atoms with van der Waals surface area (Å²) in [6.07, 6.45) is 3.82. The highest BCUT2D eigenvalue weighted by molar-refractivity contribution is 5.86. The number of hydrogen-bond acceptors (Lipinski definition) is 5. The topological polar surface area (TPSA) is 84.3 Å². The fourth-order valence-corrected chi connectivity index (χ4v) is 4.70. The smallest absolute Gasteiger partial charge is 0.410 e. The summed E-state index contributed by atoms with van der Waals surface area (Å²) < 4.78 is 13.6. The van der Waals surface area contributed by atoms with Gasteiger partial charge in [-0.3, -0.25) is 9.59 Å². The first-order valence-corrected chi connectivity index (χ1v) is 13.2. The van der Waals surface area contributed by atoms with Crippen molar-refractivity contribution in [3.63, 3.8) is 0 Å². The van der Waals surface area contributed by atoms with Gasteiger partial charge in [0.15, 0.2) is 6.10 Å². The molecule has 1 atom stereocenters. The first-order valence-electron chi connectivity index (χ1n) is 13.2. The second-order valence-corrected chi connectivity index (χ2v) is 11.1. The summed E-state index contributed by atoms with van der Waals surface area (Å²) in [4.78, 5) is 43.1. The number of aryl methyl sites for hydroxylation is 1. The van der Waals surface area contributed by atoms with Crippen molar-refractivity contribution < 1.29 is 23.9 Å². The number of amides is 3. The van der Waals surface area contributed by atoms with E-state index < -0.39 is 17.8 Å². The Morgan fingerprint density at radius 1 is 1.16 bits per heavy atom. The van der Waals surface area contributed by atoms with Gasteiger partial charge < -0.3 is 28.7 Å². The fourth-order valence-electron chi connectivity index (χ4n) is 4.70. The first kappa shape index (κ1) is 27.0. The number of benzene rings is 1. The molecule has 1 saturated carbocycles. The third kappa shape index (κ3) is 6.83. The van der Waals surface area contributed by atoms with Crippen LogP contribution in [-0.2, 0) is 32.2 Å². The standard InChI is InChI=1S/C28H40N4O5/c1-20(33)29(5)13-8-14-30-17-21(23-9-6-7-10-24(23)30)18-32(22-11-12-22)26(34)25-19-31(15-16-36-25)27(35)37-28(2,3)4/h6-7,9-10,17,22,25H,8,11-16,18-19H2,1-5H3/t25-/m1/s1. The van der Waals surface area contributed by atoms with Gasteiger partial charge in [-0.15, -0.1) is 0 Å². The van der Waals surface area contributed by atoms with E-state index in [0.29, 0.717) is 26.2 Å². The molecule has 37 heavy (non-hydrogen) atoms. The molecule has 2 heterocycles. The average Bonchev–Trinajstić information content (AvgIpc) is 3.64. The van der Waals surface area contributed by atoms with Gasteiger partial charge in [0.1, 0.15) is 5.60 Å². The molecule has 0 N–H and O–H groups in total. The van der Waals surface area contributed by atoms with Gasteiger partial charge in [-0.05, 0) is 51.7 Å². The molecule has 0 unspecified atom stereocenters. The molecule has 2 fully saturated rings. The van der Waals surface area contributed by atoms with Gasteiger partial charge in [0.2, 0.25) is 5.91 Å². The van der Waals surface area contributed by atoms with Gasteiger partial charge in [0.25, 0.3) is 5.91 Å². The van der Waals surface area contributed by atoms with Gasteiger partial charge >= 0.3 is 6.09 Å². The lowest BCUT2D eigenvalue weighted by molar-refractivity contribution is -0.150. The van der Waals surface area contributed by atoms with Gasteiger partial charge in [-0.1, -0.05) is 18.2 Å². The van der Waals surface area contributed by atoms with Gasteiger partial charge in [-0.2, -0.15) is 0 Å². The molecule has 1 aromatic carbocycles. The zero-order valence-corrected chi connectivity index (χ0v) is 22.7. The normalized spacial score (nSPS) is 18.1. The van der Waals surface area contributed by atoms with E-state index in [-0.39, 0.29) is 24.4 Å². The Hall–Kier alpha value is -3.07. The molecule has 4 rings (SSSR count). The molecule has 0 bridgehead atoms. The monoisotopic (exact) mass is 512 g/mol. The van der Waals surface area contributed by atoms with E-state index in [4.69, 9.17) is 9.47 Å². The SMILES string of the molecule is CC(=O)N(C)CCCn1cc(CN(C(=O)[C@H]2CN(C(=O)OC(C)(C)C)CCO2)C2CC2)c2ccccc21. The van der Waals surface area contributed by atoms with E-state index in [2.05, 4.69) is 22.9 Å². The lowest BCUT2D eigenvalue weighted by Gasteiger charge is -2.35. The largest absolute Gasteiger partial charge is 0.444 e. The number of carbonyl (C=O) groups is 3. The van der Waals surface area contributed by atoms with Crippen LogP contribution in [0.4, 0.5) is 4.79 Å². The Bertz CT molecular complexity index is 1130. The van der Waals surface area contributed by atoms with Crippen LogP contribution >= 0.6 is 0 Å². The van der Waals surface area contributed by atoms with E-state index in [9.17, 15) is 14.4 Å². The second-order valence-electron chi connectivity index (χ2n) is 11.1. The van der Waals surface area contributed by atoms with Crippen LogP contribution < -0.4 is 0 Å².